The standard InChI is InChI=1S/C20H15N3O5S2/c1-2-9-23-15-8-7-12(30(21,26)27)10-17(15)29-20(23)22-19(25)14-11-28-16-6-4-3-5-13(16)18(14)24/h2-8,10-11H,1,9H2,(H2,21,26,27). The number of fused-ring (bicyclic) bond motifs is 2. The van der Waals surface area contributed by atoms with Crippen LogP contribution in [0.1, 0.15) is 10.4 Å². The lowest BCUT2D eigenvalue weighted by Crippen LogP contribution is -2.19. The van der Waals surface area contributed by atoms with Crippen molar-refractivity contribution in [2.24, 2.45) is 10.1 Å². The summed E-state index contributed by atoms with van der Waals surface area (Å²) < 4.78 is 30.9. The van der Waals surface area contributed by atoms with Gasteiger partial charge < -0.3 is 8.98 Å². The highest BCUT2D eigenvalue weighted by Crippen LogP contribution is 2.21. The van der Waals surface area contributed by atoms with E-state index in [1.54, 1.807) is 41.0 Å². The van der Waals surface area contributed by atoms with Crippen molar-refractivity contribution in [3.05, 3.63) is 82.0 Å². The summed E-state index contributed by atoms with van der Waals surface area (Å²) in [5.74, 6) is -0.759. The van der Waals surface area contributed by atoms with Crippen LogP contribution in [0.5, 0.6) is 0 Å². The van der Waals surface area contributed by atoms with Gasteiger partial charge in [0.1, 0.15) is 17.4 Å². The Kier molecular flexibility index (Phi) is 4.98. The van der Waals surface area contributed by atoms with Gasteiger partial charge in [-0.3, -0.25) is 9.59 Å². The molecular formula is C20H15N3O5S2. The van der Waals surface area contributed by atoms with Gasteiger partial charge in [-0.05, 0) is 30.3 Å². The number of carbonyl (C=O) groups is 1. The molecule has 0 atom stereocenters. The number of amides is 1. The molecule has 2 aromatic heterocycles. The minimum absolute atomic E-state index is 0.0462. The zero-order valence-corrected chi connectivity index (χ0v) is 17.1. The Labute approximate surface area is 174 Å². The van der Waals surface area contributed by atoms with Gasteiger partial charge in [-0.15, -0.1) is 6.58 Å². The molecule has 0 spiro atoms. The van der Waals surface area contributed by atoms with Crippen molar-refractivity contribution in [2.75, 3.05) is 0 Å². The van der Waals surface area contributed by atoms with E-state index in [0.29, 0.717) is 22.3 Å². The Morgan fingerprint density at radius 1 is 1.27 bits per heavy atom. The second-order valence-electron chi connectivity index (χ2n) is 6.35. The van der Waals surface area contributed by atoms with Crippen molar-refractivity contribution in [1.82, 2.24) is 4.57 Å². The second kappa shape index (κ2) is 7.48. The summed E-state index contributed by atoms with van der Waals surface area (Å²) in [4.78, 5) is 29.8. The molecule has 0 saturated heterocycles. The maximum Gasteiger partial charge on any atom is 0.286 e. The lowest BCUT2D eigenvalue weighted by molar-refractivity contribution is 0.0995. The van der Waals surface area contributed by atoms with Crippen LogP contribution < -0.4 is 15.4 Å². The molecule has 0 fully saturated rings. The largest absolute Gasteiger partial charge is 0.463 e. The van der Waals surface area contributed by atoms with E-state index in [1.807, 2.05) is 0 Å². The van der Waals surface area contributed by atoms with Crippen molar-refractivity contribution in [3.63, 3.8) is 0 Å². The molecule has 0 aliphatic carbocycles. The van der Waals surface area contributed by atoms with E-state index in [-0.39, 0.29) is 20.6 Å². The number of nitrogens with two attached hydrogens (primary N) is 1. The molecule has 0 bridgehead atoms. The van der Waals surface area contributed by atoms with E-state index in [9.17, 15) is 18.0 Å². The molecule has 30 heavy (non-hydrogen) atoms. The van der Waals surface area contributed by atoms with E-state index < -0.39 is 21.4 Å². The first-order valence-electron chi connectivity index (χ1n) is 8.66. The monoisotopic (exact) mass is 441 g/mol. The van der Waals surface area contributed by atoms with Crippen LogP contribution in [0.2, 0.25) is 0 Å². The van der Waals surface area contributed by atoms with Crippen LogP contribution in [-0.4, -0.2) is 18.9 Å². The third-order valence-electron chi connectivity index (χ3n) is 4.40. The third kappa shape index (κ3) is 3.52. The smallest absolute Gasteiger partial charge is 0.286 e. The van der Waals surface area contributed by atoms with Crippen molar-refractivity contribution in [1.29, 1.82) is 0 Å². The van der Waals surface area contributed by atoms with Crippen molar-refractivity contribution >= 4 is 48.5 Å². The number of hydrogen-bond acceptors (Lipinski definition) is 6. The Balaban J connectivity index is 1.90. The van der Waals surface area contributed by atoms with E-state index >= 15 is 0 Å². The van der Waals surface area contributed by atoms with Gasteiger partial charge in [0.15, 0.2) is 4.80 Å². The summed E-state index contributed by atoms with van der Waals surface area (Å²) in [5.41, 5.74) is 0.364. The first-order valence-corrected chi connectivity index (χ1v) is 11.0. The maximum atomic E-state index is 12.8. The number of benzene rings is 2. The summed E-state index contributed by atoms with van der Waals surface area (Å²) in [5, 5.41) is 5.49. The van der Waals surface area contributed by atoms with E-state index in [4.69, 9.17) is 9.56 Å². The average molecular weight is 441 g/mol. The molecule has 2 aromatic carbocycles. The summed E-state index contributed by atoms with van der Waals surface area (Å²) in [6, 6.07) is 11.0. The van der Waals surface area contributed by atoms with Gasteiger partial charge in [0, 0.05) is 6.54 Å². The molecule has 0 saturated carbocycles. The predicted octanol–water partition coefficient (Wildman–Crippen LogP) is 2.38. The number of primary sulfonamides is 1. The summed E-state index contributed by atoms with van der Waals surface area (Å²) >= 11 is 1.10. The normalized spacial score (nSPS) is 12.5. The quantitative estimate of drug-likeness (QED) is 0.487. The van der Waals surface area contributed by atoms with Crippen molar-refractivity contribution < 1.29 is 17.6 Å². The van der Waals surface area contributed by atoms with E-state index in [0.717, 1.165) is 17.6 Å². The molecule has 2 N–H and O–H groups in total. The summed E-state index contributed by atoms with van der Waals surface area (Å²) in [6.07, 6.45) is 2.72. The number of carbonyl (C=O) groups excluding carboxylic acids is 1. The molecule has 4 rings (SSSR count). The lowest BCUT2D eigenvalue weighted by atomic mass is 10.2. The highest BCUT2D eigenvalue weighted by Gasteiger charge is 2.16. The Morgan fingerprint density at radius 3 is 2.77 bits per heavy atom. The predicted molar refractivity (Wildman–Crippen MR) is 114 cm³/mol. The van der Waals surface area contributed by atoms with E-state index in [2.05, 4.69) is 11.6 Å². The van der Waals surface area contributed by atoms with Gasteiger partial charge >= 0.3 is 0 Å². The maximum absolute atomic E-state index is 12.8. The fourth-order valence-electron chi connectivity index (χ4n) is 2.99. The highest BCUT2D eigenvalue weighted by molar-refractivity contribution is 7.89. The minimum Gasteiger partial charge on any atom is -0.463 e. The number of sulfonamides is 1. The van der Waals surface area contributed by atoms with Crippen molar-refractivity contribution in [2.45, 2.75) is 11.4 Å². The van der Waals surface area contributed by atoms with Crippen LogP contribution in [0.4, 0.5) is 0 Å². The molecular weight excluding hydrogens is 426 g/mol. The molecule has 0 aliphatic rings. The van der Waals surface area contributed by atoms with Crippen LogP contribution in [0, 0.1) is 0 Å². The molecule has 4 aromatic rings. The van der Waals surface area contributed by atoms with Gasteiger partial charge in [0.05, 0.1) is 20.5 Å². The highest BCUT2D eigenvalue weighted by atomic mass is 32.2. The van der Waals surface area contributed by atoms with Gasteiger partial charge in [-0.25, -0.2) is 13.6 Å². The fraction of sp³-hybridized carbons (Fsp3) is 0.0500. The van der Waals surface area contributed by atoms with E-state index in [1.165, 1.54) is 12.1 Å². The molecule has 2 heterocycles. The molecule has 0 radical (unpaired) electrons. The second-order valence-corrected chi connectivity index (χ2v) is 8.92. The summed E-state index contributed by atoms with van der Waals surface area (Å²) in [7, 11) is -3.88. The number of thiazole rings is 1. The van der Waals surface area contributed by atoms with Crippen molar-refractivity contribution in [3.8, 4) is 0 Å². The molecule has 0 aliphatic heterocycles. The van der Waals surface area contributed by atoms with Crippen LogP contribution in [-0.2, 0) is 16.6 Å². The van der Waals surface area contributed by atoms with Gasteiger partial charge in [-0.2, -0.15) is 4.99 Å². The Hall–Kier alpha value is -3.34. The van der Waals surface area contributed by atoms with Gasteiger partial charge in [0.2, 0.25) is 15.5 Å². The average Bonchev–Trinajstić information content (AvgIpc) is 3.04. The molecule has 0 unspecified atom stereocenters. The third-order valence-corrected chi connectivity index (χ3v) is 6.35. The SMILES string of the molecule is C=CCn1c(=NC(=O)c2coc3ccccc3c2=O)sc2cc(S(N)(=O)=O)ccc21. The van der Waals surface area contributed by atoms with Crippen LogP contribution in [0.3, 0.4) is 0 Å². The minimum atomic E-state index is -3.88. The number of rotatable bonds is 4. The van der Waals surface area contributed by atoms with Crippen LogP contribution in [0.15, 0.2) is 80.5 Å². The van der Waals surface area contributed by atoms with Crippen LogP contribution in [0.25, 0.3) is 21.2 Å². The fourth-order valence-corrected chi connectivity index (χ4v) is 4.69. The number of nitrogens with zero attached hydrogens (tertiary/aromatic N) is 2. The number of para-hydroxylation sites is 1. The number of aromatic nitrogens is 1. The Morgan fingerprint density at radius 2 is 2.03 bits per heavy atom. The first-order chi connectivity index (χ1) is 14.3. The molecule has 8 nitrogen and oxygen atoms in total. The van der Waals surface area contributed by atoms with Crippen LogP contribution >= 0.6 is 11.3 Å². The lowest BCUT2D eigenvalue weighted by Gasteiger charge is -2.02. The zero-order valence-electron chi connectivity index (χ0n) is 15.4. The number of allylic oxidation sites excluding steroid dienone is 1. The summed E-state index contributed by atoms with van der Waals surface area (Å²) in [6.45, 7) is 4.03. The van der Waals surface area contributed by atoms with Gasteiger partial charge in [0.25, 0.3) is 5.91 Å². The topological polar surface area (TPSA) is 125 Å². The first kappa shape index (κ1) is 20.0. The number of hydrogen-bond donors (Lipinski definition) is 1. The Bertz CT molecular complexity index is 1560. The molecule has 10 heteroatoms. The van der Waals surface area contributed by atoms with Gasteiger partial charge in [-0.1, -0.05) is 29.5 Å². The molecule has 152 valence electrons. The molecule has 1 amide bonds. The zero-order chi connectivity index (χ0) is 21.5.